The number of aryl methyl sites for hydroxylation is 1. The molecule has 3 fully saturated rings. The van der Waals surface area contributed by atoms with Gasteiger partial charge in [0, 0.05) is 24.5 Å². The van der Waals surface area contributed by atoms with Crippen molar-refractivity contribution in [3.05, 3.63) is 35.4 Å². The van der Waals surface area contributed by atoms with Gasteiger partial charge in [0.05, 0.1) is 12.3 Å². The third kappa shape index (κ3) is 4.33. The molecule has 1 saturated heterocycles. The van der Waals surface area contributed by atoms with Crippen LogP contribution in [0.3, 0.4) is 0 Å². The smallest absolute Gasteiger partial charge is 0.320 e. The molecule has 0 radical (unpaired) electrons. The SMILES string of the molecule is CC(C)(C)OC(=O)CN[C@@H]1C[C@@H]2CC[C@@]1(CS(=O)(=O)N1CCC3(CCc4ccccc43)CC1)C2(C)C. The number of benzene rings is 1. The van der Waals surface area contributed by atoms with Gasteiger partial charge in [-0.05, 0) is 93.6 Å². The van der Waals surface area contributed by atoms with Gasteiger partial charge >= 0.3 is 5.97 Å². The van der Waals surface area contributed by atoms with Gasteiger partial charge < -0.3 is 10.1 Å². The third-order valence-corrected chi connectivity index (χ3v) is 12.3. The summed E-state index contributed by atoms with van der Waals surface area (Å²) in [6.45, 7) is 11.4. The normalized spacial score (nSPS) is 31.0. The van der Waals surface area contributed by atoms with Crippen molar-refractivity contribution in [2.75, 3.05) is 25.4 Å². The molecule has 6 nitrogen and oxygen atoms in total. The predicted octanol–water partition coefficient (Wildman–Crippen LogP) is 4.42. The molecule has 1 aliphatic heterocycles. The van der Waals surface area contributed by atoms with Gasteiger partial charge in [-0.15, -0.1) is 0 Å². The van der Waals surface area contributed by atoms with Crippen molar-refractivity contribution in [3.63, 3.8) is 0 Å². The van der Waals surface area contributed by atoms with Crippen molar-refractivity contribution in [2.45, 2.75) is 96.6 Å². The van der Waals surface area contributed by atoms with E-state index >= 15 is 0 Å². The fourth-order valence-electron chi connectivity index (χ4n) is 8.18. The Bertz CT molecular complexity index is 1110. The van der Waals surface area contributed by atoms with Crippen LogP contribution in [-0.4, -0.2) is 55.7 Å². The molecule has 2 saturated carbocycles. The maximum absolute atomic E-state index is 13.9. The Morgan fingerprint density at radius 3 is 2.47 bits per heavy atom. The fraction of sp³-hybridized carbons (Fsp3) is 0.759. The van der Waals surface area contributed by atoms with Gasteiger partial charge in [0.2, 0.25) is 10.0 Å². The van der Waals surface area contributed by atoms with Crippen LogP contribution in [-0.2, 0) is 31.4 Å². The second kappa shape index (κ2) is 8.81. The highest BCUT2D eigenvalue weighted by atomic mass is 32.2. The predicted molar refractivity (Wildman–Crippen MR) is 142 cm³/mol. The number of sulfonamides is 1. The average Bonchev–Trinajstić information content (AvgIpc) is 3.33. The molecular formula is C29H44N2O4S. The van der Waals surface area contributed by atoms with E-state index in [2.05, 4.69) is 43.4 Å². The summed E-state index contributed by atoms with van der Waals surface area (Å²) < 4.78 is 35.2. The van der Waals surface area contributed by atoms with E-state index in [1.165, 1.54) is 11.1 Å². The van der Waals surface area contributed by atoms with Crippen molar-refractivity contribution in [3.8, 4) is 0 Å². The summed E-state index contributed by atoms with van der Waals surface area (Å²) in [6, 6.07) is 8.73. The van der Waals surface area contributed by atoms with Gasteiger partial charge in [-0.25, -0.2) is 12.7 Å². The quantitative estimate of drug-likeness (QED) is 0.567. The van der Waals surface area contributed by atoms with Gasteiger partial charge in [0.1, 0.15) is 5.60 Å². The van der Waals surface area contributed by atoms with Gasteiger partial charge in [0.25, 0.3) is 0 Å². The number of hydrogen-bond donors (Lipinski definition) is 1. The highest BCUT2D eigenvalue weighted by molar-refractivity contribution is 7.89. The molecule has 3 atom stereocenters. The largest absolute Gasteiger partial charge is 0.459 e. The van der Waals surface area contributed by atoms with Crippen molar-refractivity contribution >= 4 is 16.0 Å². The van der Waals surface area contributed by atoms with Gasteiger partial charge in [0.15, 0.2) is 0 Å². The molecule has 4 aliphatic rings. The van der Waals surface area contributed by atoms with Crippen molar-refractivity contribution in [1.29, 1.82) is 0 Å². The van der Waals surface area contributed by atoms with Crippen LogP contribution in [0, 0.1) is 16.7 Å². The molecule has 1 spiro atoms. The molecule has 7 heteroatoms. The summed E-state index contributed by atoms with van der Waals surface area (Å²) in [6.07, 6.45) is 6.92. The monoisotopic (exact) mass is 516 g/mol. The second-order valence-electron chi connectivity index (χ2n) is 13.5. The number of carbonyl (C=O) groups excluding carboxylic acids is 1. The van der Waals surface area contributed by atoms with Crippen molar-refractivity contribution in [2.24, 2.45) is 16.7 Å². The van der Waals surface area contributed by atoms with Crippen LogP contribution >= 0.6 is 0 Å². The summed E-state index contributed by atoms with van der Waals surface area (Å²) in [7, 11) is -3.43. The maximum atomic E-state index is 13.9. The summed E-state index contributed by atoms with van der Waals surface area (Å²) in [5.74, 6) is 0.363. The second-order valence-corrected chi connectivity index (χ2v) is 15.4. The first-order chi connectivity index (χ1) is 16.8. The van der Waals surface area contributed by atoms with E-state index in [0.29, 0.717) is 19.0 Å². The lowest BCUT2D eigenvalue weighted by Gasteiger charge is -2.45. The lowest BCUT2D eigenvalue weighted by molar-refractivity contribution is -0.153. The van der Waals surface area contributed by atoms with Gasteiger partial charge in [-0.2, -0.15) is 0 Å². The number of rotatable bonds is 6. The number of ether oxygens (including phenoxy) is 1. The number of esters is 1. The Morgan fingerprint density at radius 1 is 1.11 bits per heavy atom. The van der Waals surface area contributed by atoms with E-state index in [1.54, 1.807) is 4.31 Å². The Kier molecular flexibility index (Phi) is 6.40. The number of hydrogen-bond acceptors (Lipinski definition) is 5. The minimum atomic E-state index is -3.43. The van der Waals surface area contributed by atoms with Crippen LogP contribution < -0.4 is 5.32 Å². The molecule has 0 aromatic heterocycles. The van der Waals surface area contributed by atoms with Gasteiger partial charge in [-0.3, -0.25) is 4.79 Å². The number of carbonyl (C=O) groups is 1. The van der Waals surface area contributed by atoms with Crippen LogP contribution in [0.4, 0.5) is 0 Å². The van der Waals surface area contributed by atoms with E-state index in [-0.39, 0.29) is 40.6 Å². The molecule has 1 N–H and O–H groups in total. The van der Waals surface area contributed by atoms with E-state index < -0.39 is 15.6 Å². The lowest BCUT2D eigenvalue weighted by Crippen LogP contribution is -2.55. The van der Waals surface area contributed by atoms with Crippen LogP contribution in [0.2, 0.25) is 0 Å². The number of piperidine rings is 1. The van der Waals surface area contributed by atoms with E-state index in [4.69, 9.17) is 4.74 Å². The molecule has 36 heavy (non-hydrogen) atoms. The van der Waals surface area contributed by atoms with Gasteiger partial charge in [-0.1, -0.05) is 38.1 Å². The Balaban J connectivity index is 1.29. The molecular weight excluding hydrogens is 472 g/mol. The molecule has 0 unspecified atom stereocenters. The summed E-state index contributed by atoms with van der Waals surface area (Å²) >= 11 is 0. The minimum Gasteiger partial charge on any atom is -0.459 e. The summed E-state index contributed by atoms with van der Waals surface area (Å²) in [4.78, 5) is 12.4. The Labute approximate surface area is 217 Å². The molecule has 3 aliphatic carbocycles. The highest BCUT2D eigenvalue weighted by Crippen LogP contribution is 2.66. The zero-order valence-electron chi connectivity index (χ0n) is 22.7. The third-order valence-electron chi connectivity index (χ3n) is 10.3. The first kappa shape index (κ1) is 26.2. The van der Waals surface area contributed by atoms with Crippen molar-refractivity contribution < 1.29 is 17.9 Å². The zero-order chi connectivity index (χ0) is 26.0. The van der Waals surface area contributed by atoms with Crippen LogP contribution in [0.1, 0.15) is 84.3 Å². The van der Waals surface area contributed by atoms with Crippen LogP contribution in [0.25, 0.3) is 0 Å². The van der Waals surface area contributed by atoms with Crippen LogP contribution in [0.5, 0.6) is 0 Å². The fourth-order valence-corrected chi connectivity index (χ4v) is 10.5. The van der Waals surface area contributed by atoms with E-state index in [0.717, 1.165) is 44.9 Å². The first-order valence-corrected chi connectivity index (χ1v) is 15.4. The zero-order valence-corrected chi connectivity index (χ0v) is 23.5. The Morgan fingerprint density at radius 2 is 1.81 bits per heavy atom. The highest BCUT2D eigenvalue weighted by Gasteiger charge is 2.65. The Hall–Kier alpha value is -1.44. The number of nitrogens with one attached hydrogen (secondary N) is 1. The lowest BCUT2D eigenvalue weighted by atomic mass is 9.69. The van der Waals surface area contributed by atoms with E-state index in [1.807, 2.05) is 20.8 Å². The molecule has 1 heterocycles. The number of nitrogens with zero attached hydrogens (tertiary/aromatic N) is 1. The topological polar surface area (TPSA) is 75.7 Å². The van der Waals surface area contributed by atoms with E-state index in [9.17, 15) is 13.2 Å². The molecule has 1 aromatic rings. The molecule has 1 aromatic carbocycles. The molecule has 200 valence electrons. The first-order valence-electron chi connectivity index (χ1n) is 13.8. The molecule has 2 bridgehead atoms. The summed E-state index contributed by atoms with van der Waals surface area (Å²) in [5.41, 5.74) is 2.04. The molecule has 5 rings (SSSR count). The standard InChI is InChI=1S/C29H44N2O4S/c1-26(2,3)35-25(32)19-30-24-18-22-11-13-29(24,27(22,4)5)20-36(33,34)31-16-14-28(15-17-31)12-10-21-8-6-7-9-23(21)28/h6-9,22,24,30H,10-20H2,1-5H3/t22-,24+,29-/m0/s1. The maximum Gasteiger partial charge on any atom is 0.320 e. The minimum absolute atomic E-state index is 0.00591. The molecule has 0 amide bonds. The van der Waals surface area contributed by atoms with Crippen molar-refractivity contribution in [1.82, 2.24) is 9.62 Å². The van der Waals surface area contributed by atoms with Crippen LogP contribution in [0.15, 0.2) is 24.3 Å². The number of fused-ring (bicyclic) bond motifs is 4. The average molecular weight is 517 g/mol. The summed E-state index contributed by atoms with van der Waals surface area (Å²) in [5, 5.41) is 3.45.